The van der Waals surface area contributed by atoms with Crippen LogP contribution in [0.2, 0.25) is 5.02 Å². The third-order valence-corrected chi connectivity index (χ3v) is 4.31. The van der Waals surface area contributed by atoms with Gasteiger partial charge in [0, 0.05) is 5.02 Å². The Morgan fingerprint density at radius 1 is 1.53 bits per heavy atom. The molecule has 0 aliphatic heterocycles. The first-order valence-electron chi connectivity index (χ1n) is 4.86. The Bertz CT molecular complexity index is 548. The molecule has 0 amide bonds. The minimum absolute atomic E-state index is 0.0228. The van der Waals surface area contributed by atoms with E-state index in [0.29, 0.717) is 5.02 Å². The molecule has 0 saturated carbocycles. The third kappa shape index (κ3) is 3.35. The van der Waals surface area contributed by atoms with E-state index in [1.54, 1.807) is 13.0 Å². The average Bonchev–Trinajstić information content (AvgIpc) is 2.28. The van der Waals surface area contributed by atoms with E-state index < -0.39 is 15.8 Å². The zero-order valence-electron chi connectivity index (χ0n) is 9.47. The summed E-state index contributed by atoms with van der Waals surface area (Å²) in [5.74, 6) is -0.594. The molecule has 0 aromatic heterocycles. The Morgan fingerprint density at radius 3 is 2.71 bits per heavy atom. The molecule has 1 unspecified atom stereocenters. The van der Waals surface area contributed by atoms with Crippen LogP contribution in [0.1, 0.15) is 6.92 Å². The van der Waals surface area contributed by atoms with Crippen LogP contribution >= 0.6 is 11.6 Å². The predicted octanol–water partition coefficient (Wildman–Crippen LogP) is 2.28. The Kier molecular flexibility index (Phi) is 4.38. The number of nitriles is 1. The van der Waals surface area contributed by atoms with Crippen LogP contribution in [0.25, 0.3) is 0 Å². The lowest BCUT2D eigenvalue weighted by Gasteiger charge is -2.10. The molecule has 0 bridgehead atoms. The van der Waals surface area contributed by atoms with Crippen molar-refractivity contribution in [3.63, 3.8) is 0 Å². The van der Waals surface area contributed by atoms with Crippen LogP contribution in [-0.2, 0) is 9.84 Å². The zero-order valence-corrected chi connectivity index (χ0v) is 11.0. The van der Waals surface area contributed by atoms with Gasteiger partial charge in [0.25, 0.3) is 0 Å². The molecule has 0 spiro atoms. The van der Waals surface area contributed by atoms with E-state index in [1.807, 2.05) is 6.07 Å². The molecule has 0 radical (unpaired) electrons. The Labute approximate surface area is 106 Å². The van der Waals surface area contributed by atoms with E-state index in [-0.39, 0.29) is 16.4 Å². The summed E-state index contributed by atoms with van der Waals surface area (Å²) in [5.41, 5.74) is 0. The first-order chi connectivity index (χ1) is 7.90. The summed E-state index contributed by atoms with van der Waals surface area (Å²) in [6.07, 6.45) is 0. The fraction of sp³-hybridized carbons (Fsp3) is 0.364. The van der Waals surface area contributed by atoms with Crippen molar-refractivity contribution in [1.82, 2.24) is 0 Å². The van der Waals surface area contributed by atoms with Crippen LogP contribution in [0.15, 0.2) is 23.1 Å². The highest BCUT2D eigenvalue weighted by Crippen LogP contribution is 2.28. The second-order valence-corrected chi connectivity index (χ2v) is 6.05. The van der Waals surface area contributed by atoms with Gasteiger partial charge in [-0.3, -0.25) is 0 Å². The first-order valence-corrected chi connectivity index (χ1v) is 6.89. The van der Waals surface area contributed by atoms with E-state index in [4.69, 9.17) is 21.6 Å². The van der Waals surface area contributed by atoms with Gasteiger partial charge in [-0.05, 0) is 25.1 Å². The van der Waals surface area contributed by atoms with Crippen molar-refractivity contribution in [2.45, 2.75) is 11.8 Å². The number of hydrogen-bond donors (Lipinski definition) is 0. The fourth-order valence-corrected chi connectivity index (χ4v) is 3.26. The predicted molar refractivity (Wildman–Crippen MR) is 64.8 cm³/mol. The summed E-state index contributed by atoms with van der Waals surface area (Å²) in [6, 6.07) is 6.26. The van der Waals surface area contributed by atoms with Crippen LogP contribution in [-0.4, -0.2) is 21.3 Å². The molecule has 1 rings (SSSR count). The van der Waals surface area contributed by atoms with Gasteiger partial charge in [-0.2, -0.15) is 5.26 Å². The molecule has 0 aliphatic carbocycles. The molecule has 0 heterocycles. The van der Waals surface area contributed by atoms with Crippen molar-refractivity contribution in [3.8, 4) is 11.8 Å². The molecule has 4 nitrogen and oxygen atoms in total. The molecule has 1 atom stereocenters. The lowest BCUT2D eigenvalue weighted by Crippen LogP contribution is -2.13. The fourth-order valence-electron chi connectivity index (χ4n) is 1.35. The van der Waals surface area contributed by atoms with E-state index in [0.717, 1.165) is 0 Å². The minimum atomic E-state index is -3.57. The first kappa shape index (κ1) is 13.8. The highest BCUT2D eigenvalue weighted by Gasteiger charge is 2.22. The molecule has 6 heteroatoms. The number of nitrogens with zero attached hydrogens (tertiary/aromatic N) is 1. The Balaban J connectivity index is 3.23. The maximum Gasteiger partial charge on any atom is 0.183 e. The molecule has 1 aromatic carbocycles. The molecule has 0 saturated heterocycles. The van der Waals surface area contributed by atoms with Crippen LogP contribution < -0.4 is 4.74 Å². The number of rotatable bonds is 4. The van der Waals surface area contributed by atoms with Gasteiger partial charge < -0.3 is 4.74 Å². The average molecular weight is 274 g/mol. The lowest BCUT2D eigenvalue weighted by molar-refractivity contribution is 0.402. The van der Waals surface area contributed by atoms with Crippen molar-refractivity contribution in [3.05, 3.63) is 23.2 Å². The van der Waals surface area contributed by atoms with Crippen LogP contribution in [0.3, 0.4) is 0 Å². The quantitative estimate of drug-likeness (QED) is 0.844. The molecular formula is C11H12ClNO3S. The van der Waals surface area contributed by atoms with Gasteiger partial charge in [0.05, 0.1) is 24.8 Å². The van der Waals surface area contributed by atoms with Crippen LogP contribution in [0, 0.1) is 17.2 Å². The topological polar surface area (TPSA) is 67.2 Å². The van der Waals surface area contributed by atoms with Gasteiger partial charge in [0.15, 0.2) is 9.84 Å². The highest BCUT2D eigenvalue weighted by molar-refractivity contribution is 7.91. The molecule has 0 fully saturated rings. The number of sulfone groups is 1. The summed E-state index contributed by atoms with van der Waals surface area (Å²) in [4.78, 5) is 0.0228. The summed E-state index contributed by atoms with van der Waals surface area (Å²) < 4.78 is 29.1. The third-order valence-electron chi connectivity index (χ3n) is 2.15. The number of hydrogen-bond acceptors (Lipinski definition) is 4. The smallest absolute Gasteiger partial charge is 0.183 e. The SMILES string of the molecule is COc1ccc(Cl)cc1S(=O)(=O)CC(C)C#N. The summed E-state index contributed by atoms with van der Waals surface area (Å²) in [7, 11) is -2.18. The van der Waals surface area contributed by atoms with Gasteiger partial charge in [-0.25, -0.2) is 8.42 Å². The molecule has 0 N–H and O–H groups in total. The second kappa shape index (κ2) is 5.39. The number of benzene rings is 1. The number of methoxy groups -OCH3 is 1. The van der Waals surface area contributed by atoms with Crippen molar-refractivity contribution in [2.75, 3.05) is 12.9 Å². The normalized spacial score (nSPS) is 12.8. The van der Waals surface area contributed by atoms with Crippen molar-refractivity contribution < 1.29 is 13.2 Å². The lowest BCUT2D eigenvalue weighted by atomic mass is 10.3. The van der Waals surface area contributed by atoms with Crippen molar-refractivity contribution >= 4 is 21.4 Å². The summed E-state index contributed by atoms with van der Waals surface area (Å²) in [6.45, 7) is 1.55. The van der Waals surface area contributed by atoms with Gasteiger partial charge in [0.1, 0.15) is 10.6 Å². The van der Waals surface area contributed by atoms with Gasteiger partial charge in [-0.15, -0.1) is 0 Å². The number of halogens is 1. The van der Waals surface area contributed by atoms with Gasteiger partial charge >= 0.3 is 0 Å². The minimum Gasteiger partial charge on any atom is -0.495 e. The summed E-state index contributed by atoms with van der Waals surface area (Å²) >= 11 is 5.77. The molecular weight excluding hydrogens is 262 g/mol. The molecule has 17 heavy (non-hydrogen) atoms. The zero-order chi connectivity index (χ0) is 13.1. The van der Waals surface area contributed by atoms with Crippen LogP contribution in [0.5, 0.6) is 5.75 Å². The van der Waals surface area contributed by atoms with Gasteiger partial charge in [0.2, 0.25) is 0 Å². The Hall–Kier alpha value is -1.25. The largest absolute Gasteiger partial charge is 0.495 e. The highest BCUT2D eigenvalue weighted by atomic mass is 35.5. The molecule has 92 valence electrons. The molecule has 0 aliphatic rings. The van der Waals surface area contributed by atoms with E-state index in [9.17, 15) is 8.42 Å². The molecule has 1 aromatic rings. The Morgan fingerprint density at radius 2 is 2.18 bits per heavy atom. The van der Waals surface area contributed by atoms with Crippen LogP contribution in [0.4, 0.5) is 0 Å². The maximum atomic E-state index is 12.0. The standard InChI is InChI=1S/C11H12ClNO3S/c1-8(6-13)7-17(14,15)11-5-9(12)3-4-10(11)16-2/h3-5,8H,7H2,1-2H3. The monoisotopic (exact) mass is 273 g/mol. The van der Waals surface area contributed by atoms with E-state index in [1.165, 1.54) is 19.2 Å². The maximum absolute atomic E-state index is 12.0. The summed E-state index contributed by atoms with van der Waals surface area (Å²) in [5, 5.41) is 8.97. The van der Waals surface area contributed by atoms with E-state index in [2.05, 4.69) is 0 Å². The van der Waals surface area contributed by atoms with E-state index >= 15 is 0 Å². The van der Waals surface area contributed by atoms with Gasteiger partial charge in [-0.1, -0.05) is 11.6 Å². The van der Waals surface area contributed by atoms with Crippen molar-refractivity contribution in [2.24, 2.45) is 5.92 Å². The number of ether oxygens (including phenoxy) is 1. The van der Waals surface area contributed by atoms with Crippen molar-refractivity contribution in [1.29, 1.82) is 5.26 Å². The second-order valence-electron chi connectivity index (χ2n) is 3.61.